The summed E-state index contributed by atoms with van der Waals surface area (Å²) in [7, 11) is 1.49. The molecule has 5 N–H and O–H groups in total. The van der Waals surface area contributed by atoms with Crippen LogP contribution in [0.4, 0.5) is 21.0 Å². The molecule has 23 heavy (non-hydrogen) atoms. The lowest BCUT2D eigenvalue weighted by Crippen LogP contribution is -2.35. The first-order valence-corrected chi connectivity index (χ1v) is 6.71. The molecule has 0 aliphatic heterocycles. The zero-order valence-corrected chi connectivity index (χ0v) is 13.3. The van der Waals surface area contributed by atoms with E-state index in [0.29, 0.717) is 16.9 Å². The van der Waals surface area contributed by atoms with Crippen molar-refractivity contribution in [2.45, 2.75) is 13.5 Å². The molecular formula is C13H16N4O5S. The summed E-state index contributed by atoms with van der Waals surface area (Å²) in [5, 5.41) is 20.6. The molecule has 1 aromatic rings. The molecule has 0 radical (unpaired) electrons. The van der Waals surface area contributed by atoms with Crippen LogP contribution >= 0.6 is 12.2 Å². The first-order chi connectivity index (χ1) is 10.6. The lowest BCUT2D eigenvalue weighted by atomic mass is 10.1. The van der Waals surface area contributed by atoms with Crippen LogP contribution in [0.15, 0.2) is 18.2 Å². The second-order valence-electron chi connectivity index (χ2n) is 4.56. The maximum atomic E-state index is 11.5. The molecule has 3 amide bonds. The van der Waals surface area contributed by atoms with Crippen LogP contribution in [0.1, 0.15) is 12.5 Å². The van der Waals surface area contributed by atoms with Gasteiger partial charge in [0.05, 0.1) is 6.54 Å². The topological polar surface area (TPSA) is 136 Å². The van der Waals surface area contributed by atoms with E-state index in [1.165, 1.54) is 24.9 Å². The van der Waals surface area contributed by atoms with Crippen LogP contribution in [-0.4, -0.2) is 45.4 Å². The summed E-state index contributed by atoms with van der Waals surface area (Å²) in [4.78, 5) is 35.1. The van der Waals surface area contributed by atoms with E-state index < -0.39 is 18.7 Å². The van der Waals surface area contributed by atoms with Crippen LogP contribution in [-0.2, 0) is 11.3 Å². The van der Waals surface area contributed by atoms with Gasteiger partial charge >= 0.3 is 12.2 Å². The molecule has 0 heterocycles. The van der Waals surface area contributed by atoms with Gasteiger partial charge in [-0.3, -0.25) is 4.79 Å². The highest BCUT2D eigenvalue weighted by Crippen LogP contribution is 2.25. The number of carbonyl (C=O) groups is 3. The third kappa shape index (κ3) is 4.81. The average molecular weight is 340 g/mol. The fourth-order valence-electron chi connectivity index (χ4n) is 1.82. The first kappa shape index (κ1) is 18.2. The van der Waals surface area contributed by atoms with Crippen molar-refractivity contribution in [1.29, 1.82) is 0 Å². The summed E-state index contributed by atoms with van der Waals surface area (Å²) in [6.07, 6.45) is -3.25. The minimum Gasteiger partial charge on any atom is -0.465 e. The molecule has 0 fully saturated rings. The van der Waals surface area contributed by atoms with Gasteiger partial charge in [-0.25, -0.2) is 14.5 Å². The lowest BCUT2D eigenvalue weighted by Gasteiger charge is -2.22. The number of benzene rings is 1. The summed E-state index contributed by atoms with van der Waals surface area (Å²) in [5.41, 5.74) is 6.50. The van der Waals surface area contributed by atoms with Gasteiger partial charge in [0.1, 0.15) is 0 Å². The van der Waals surface area contributed by atoms with Gasteiger partial charge < -0.3 is 26.2 Å². The van der Waals surface area contributed by atoms with Crippen molar-refractivity contribution in [1.82, 2.24) is 4.90 Å². The number of carbonyl (C=O) groups excluding carboxylic acids is 1. The van der Waals surface area contributed by atoms with E-state index in [-0.39, 0.29) is 15.9 Å². The minimum atomic E-state index is -1.62. The van der Waals surface area contributed by atoms with Gasteiger partial charge in [0.25, 0.3) is 0 Å². The largest absolute Gasteiger partial charge is 0.465 e. The summed E-state index contributed by atoms with van der Waals surface area (Å²) in [5.74, 6) is -0.293. The van der Waals surface area contributed by atoms with Gasteiger partial charge in [-0.05, 0) is 36.0 Å². The smallest absolute Gasteiger partial charge is 0.417 e. The third-order valence-corrected chi connectivity index (χ3v) is 3.07. The molecule has 124 valence electrons. The number of anilines is 2. The highest BCUT2D eigenvalue weighted by Gasteiger charge is 2.23. The fourth-order valence-corrected chi connectivity index (χ4v) is 1.93. The Kier molecular flexibility index (Phi) is 5.85. The standard InChI is InChI=1S/C13H16N4O5S/c1-7(18)16(2)10-4-3-9(15-11(14)23)5-8(10)6-17(12(19)20)13(21)22/h3-5H,6H2,1-2H3,(H,19,20)(H,21,22)(H3,14,15,23). The SMILES string of the molecule is CC(=O)N(C)c1ccc(NC(N)=S)cc1CN(C(=O)O)C(=O)O. The van der Waals surface area contributed by atoms with Gasteiger partial charge in [0.2, 0.25) is 5.91 Å². The summed E-state index contributed by atoms with van der Waals surface area (Å²) in [6, 6.07) is 4.61. The molecule has 0 bridgehead atoms. The van der Waals surface area contributed by atoms with Crippen molar-refractivity contribution in [3.05, 3.63) is 23.8 Å². The highest BCUT2D eigenvalue weighted by molar-refractivity contribution is 7.80. The zero-order valence-electron chi connectivity index (χ0n) is 12.4. The molecule has 0 unspecified atom stereocenters. The molecule has 9 nitrogen and oxygen atoms in total. The Hall–Kier alpha value is -2.88. The van der Waals surface area contributed by atoms with Crippen LogP contribution < -0.4 is 16.0 Å². The van der Waals surface area contributed by atoms with E-state index >= 15 is 0 Å². The Morgan fingerprint density at radius 1 is 1.26 bits per heavy atom. The highest BCUT2D eigenvalue weighted by atomic mass is 32.1. The number of hydrogen-bond donors (Lipinski definition) is 4. The molecule has 1 aromatic carbocycles. The van der Waals surface area contributed by atoms with Crippen LogP contribution in [0.3, 0.4) is 0 Å². The third-order valence-electron chi connectivity index (χ3n) is 2.97. The van der Waals surface area contributed by atoms with Crippen LogP contribution in [0.5, 0.6) is 0 Å². The summed E-state index contributed by atoms with van der Waals surface area (Å²) >= 11 is 4.72. The minimum absolute atomic E-state index is 0.00283. The number of amides is 3. The molecule has 0 saturated carbocycles. The molecule has 1 rings (SSSR count). The van der Waals surface area contributed by atoms with Crippen molar-refractivity contribution in [2.75, 3.05) is 17.3 Å². The van der Waals surface area contributed by atoms with Gasteiger partial charge in [-0.1, -0.05) is 0 Å². The van der Waals surface area contributed by atoms with E-state index in [4.69, 9.17) is 28.2 Å². The van der Waals surface area contributed by atoms with Crippen molar-refractivity contribution >= 4 is 46.8 Å². The van der Waals surface area contributed by atoms with Crippen LogP contribution in [0.2, 0.25) is 0 Å². The Morgan fingerprint density at radius 3 is 2.26 bits per heavy atom. The van der Waals surface area contributed by atoms with E-state index in [9.17, 15) is 14.4 Å². The maximum absolute atomic E-state index is 11.5. The zero-order chi connectivity index (χ0) is 17.7. The van der Waals surface area contributed by atoms with Gasteiger partial charge in [0, 0.05) is 25.3 Å². The Balaban J connectivity index is 3.31. The van der Waals surface area contributed by atoms with Gasteiger partial charge in [0.15, 0.2) is 5.11 Å². The molecule has 0 aliphatic rings. The maximum Gasteiger partial charge on any atom is 0.417 e. The van der Waals surface area contributed by atoms with Crippen molar-refractivity contribution in [2.24, 2.45) is 5.73 Å². The van der Waals surface area contributed by atoms with Crippen molar-refractivity contribution < 1.29 is 24.6 Å². The van der Waals surface area contributed by atoms with E-state index in [1.54, 1.807) is 12.1 Å². The fraction of sp³-hybridized carbons (Fsp3) is 0.231. The van der Waals surface area contributed by atoms with E-state index in [1.807, 2.05) is 0 Å². The number of hydrogen-bond acceptors (Lipinski definition) is 4. The Labute approximate surface area is 137 Å². The molecule has 0 spiro atoms. The Morgan fingerprint density at radius 2 is 1.83 bits per heavy atom. The molecule has 0 aliphatic carbocycles. The average Bonchev–Trinajstić information content (AvgIpc) is 2.42. The normalized spacial score (nSPS) is 9.83. The Bertz CT molecular complexity index is 650. The van der Waals surface area contributed by atoms with E-state index in [2.05, 4.69) is 5.32 Å². The van der Waals surface area contributed by atoms with E-state index in [0.717, 1.165) is 0 Å². The second-order valence-corrected chi connectivity index (χ2v) is 5.00. The molecule has 0 saturated heterocycles. The number of nitrogens with two attached hydrogens (primary N) is 1. The van der Waals surface area contributed by atoms with Crippen LogP contribution in [0, 0.1) is 0 Å². The molecule has 0 atom stereocenters. The molecule has 10 heteroatoms. The van der Waals surface area contributed by atoms with Crippen molar-refractivity contribution in [3.8, 4) is 0 Å². The predicted molar refractivity (Wildman–Crippen MR) is 87.5 cm³/mol. The molecular weight excluding hydrogens is 324 g/mol. The number of nitrogens with one attached hydrogen (secondary N) is 1. The van der Waals surface area contributed by atoms with Gasteiger partial charge in [-0.15, -0.1) is 0 Å². The number of carboxylic acid groups (broad SMARTS) is 2. The van der Waals surface area contributed by atoms with Crippen LogP contribution in [0.25, 0.3) is 0 Å². The number of imide groups is 1. The number of nitrogens with zero attached hydrogens (tertiary/aromatic N) is 2. The summed E-state index contributed by atoms with van der Waals surface area (Å²) in [6.45, 7) is 0.877. The van der Waals surface area contributed by atoms with Gasteiger partial charge in [-0.2, -0.15) is 0 Å². The second kappa shape index (κ2) is 7.40. The quantitative estimate of drug-likeness (QED) is 0.605. The summed E-state index contributed by atoms with van der Waals surface area (Å²) < 4.78 is 0. The molecule has 0 aromatic heterocycles. The number of thiocarbonyl (C=S) groups is 1. The lowest BCUT2D eigenvalue weighted by molar-refractivity contribution is -0.116. The number of rotatable bonds is 4. The monoisotopic (exact) mass is 340 g/mol. The van der Waals surface area contributed by atoms with Crippen molar-refractivity contribution in [3.63, 3.8) is 0 Å². The first-order valence-electron chi connectivity index (χ1n) is 6.30. The predicted octanol–water partition coefficient (Wildman–Crippen LogP) is 1.48.